The molecule has 0 aromatic heterocycles. The fourth-order valence-electron chi connectivity index (χ4n) is 2.44. The van der Waals surface area contributed by atoms with Crippen LogP contribution < -0.4 is 5.48 Å². The highest BCUT2D eigenvalue weighted by molar-refractivity contribution is 9.10. The number of hydrogen-bond acceptors (Lipinski definition) is 4. The van der Waals surface area contributed by atoms with E-state index in [0.717, 1.165) is 35.0 Å². The van der Waals surface area contributed by atoms with Gasteiger partial charge in [-0.1, -0.05) is 28.4 Å². The number of halogens is 1. The molecule has 0 radical (unpaired) electrons. The van der Waals surface area contributed by atoms with Crippen molar-refractivity contribution in [2.75, 3.05) is 19.7 Å². The third kappa shape index (κ3) is 2.12. The van der Waals surface area contributed by atoms with Crippen LogP contribution in [-0.4, -0.2) is 20.2 Å². The lowest BCUT2D eigenvalue weighted by atomic mass is 9.64. The van der Waals surface area contributed by atoms with Gasteiger partial charge in [-0.25, -0.2) is 0 Å². The van der Waals surface area contributed by atoms with Gasteiger partial charge in [-0.3, -0.25) is 15.1 Å². The average Bonchev–Trinajstić information content (AvgIpc) is 2.30. The third-order valence-electron chi connectivity index (χ3n) is 3.49. The van der Waals surface area contributed by atoms with E-state index in [0.29, 0.717) is 0 Å². The van der Waals surface area contributed by atoms with E-state index in [1.54, 1.807) is 7.11 Å². The zero-order valence-corrected chi connectivity index (χ0v) is 12.0. The second-order valence-corrected chi connectivity index (χ2v) is 5.34. The molecule has 1 aliphatic rings. The van der Waals surface area contributed by atoms with E-state index in [1.165, 1.54) is 7.11 Å². The number of methoxy groups -OCH3 is 1. The van der Waals surface area contributed by atoms with Gasteiger partial charge in [-0.2, -0.15) is 0 Å². The van der Waals surface area contributed by atoms with Crippen molar-refractivity contribution in [2.24, 2.45) is 0 Å². The Balaban J connectivity index is 2.45. The molecular weight excluding hydrogens is 298 g/mol. The Morgan fingerprint density at radius 2 is 2.11 bits per heavy atom. The first kappa shape index (κ1) is 13.4. The number of carbonyl (C=O) groups is 1. The summed E-state index contributed by atoms with van der Waals surface area (Å²) in [7, 11) is 2.99. The van der Waals surface area contributed by atoms with Crippen LogP contribution in [0.5, 0.6) is 0 Å². The molecule has 1 aliphatic carbocycles. The largest absolute Gasteiger partial charge is 0.468 e. The average molecular weight is 314 g/mol. The Labute approximate surface area is 115 Å². The van der Waals surface area contributed by atoms with Crippen LogP contribution in [0.4, 0.5) is 5.69 Å². The maximum atomic E-state index is 12.1. The fraction of sp³-hybridized carbons (Fsp3) is 0.462. The Kier molecular flexibility index (Phi) is 3.92. The summed E-state index contributed by atoms with van der Waals surface area (Å²) in [4.78, 5) is 17.0. The highest BCUT2D eigenvalue weighted by Gasteiger charge is 2.48. The highest BCUT2D eigenvalue weighted by Crippen LogP contribution is 2.47. The van der Waals surface area contributed by atoms with Crippen molar-refractivity contribution in [3.8, 4) is 0 Å². The van der Waals surface area contributed by atoms with Gasteiger partial charge < -0.3 is 4.74 Å². The first-order valence-electron chi connectivity index (χ1n) is 5.81. The van der Waals surface area contributed by atoms with Gasteiger partial charge in [0.15, 0.2) is 0 Å². The zero-order chi connectivity index (χ0) is 13.2. The molecule has 98 valence electrons. The van der Waals surface area contributed by atoms with Crippen molar-refractivity contribution < 1.29 is 14.4 Å². The second-order valence-electron chi connectivity index (χ2n) is 4.42. The summed E-state index contributed by atoms with van der Waals surface area (Å²) in [5.41, 5.74) is 4.05. The summed E-state index contributed by atoms with van der Waals surface area (Å²) >= 11 is 3.42. The number of rotatable bonds is 4. The molecule has 18 heavy (non-hydrogen) atoms. The van der Waals surface area contributed by atoms with Crippen molar-refractivity contribution in [2.45, 2.75) is 24.7 Å². The Morgan fingerprint density at radius 3 is 2.61 bits per heavy atom. The lowest BCUT2D eigenvalue weighted by Crippen LogP contribution is -2.43. The predicted octanol–water partition coefficient (Wildman–Crippen LogP) is 3.02. The van der Waals surface area contributed by atoms with Crippen LogP contribution >= 0.6 is 15.9 Å². The SMILES string of the molecule is CONc1cc(Br)ccc1C1(C(=O)OC)CCC1. The summed E-state index contributed by atoms with van der Waals surface area (Å²) < 4.78 is 5.89. The van der Waals surface area contributed by atoms with E-state index >= 15 is 0 Å². The number of nitrogens with one attached hydrogen (secondary N) is 1. The van der Waals surface area contributed by atoms with E-state index in [4.69, 9.17) is 9.57 Å². The monoisotopic (exact) mass is 313 g/mol. The maximum absolute atomic E-state index is 12.1. The van der Waals surface area contributed by atoms with Crippen LogP contribution in [0, 0.1) is 0 Å². The maximum Gasteiger partial charge on any atom is 0.316 e. The van der Waals surface area contributed by atoms with Crippen LogP contribution in [0.15, 0.2) is 22.7 Å². The topological polar surface area (TPSA) is 47.6 Å². The van der Waals surface area contributed by atoms with Crippen molar-refractivity contribution in [1.82, 2.24) is 0 Å². The zero-order valence-electron chi connectivity index (χ0n) is 10.5. The van der Waals surface area contributed by atoms with Gasteiger partial charge in [0.2, 0.25) is 0 Å². The number of anilines is 1. The molecular formula is C13H16BrNO3. The van der Waals surface area contributed by atoms with Gasteiger partial charge in [0, 0.05) is 4.47 Å². The minimum atomic E-state index is -0.518. The highest BCUT2D eigenvalue weighted by atomic mass is 79.9. The molecule has 0 spiro atoms. The summed E-state index contributed by atoms with van der Waals surface area (Å²) in [6.45, 7) is 0. The molecule has 0 amide bonds. The Hall–Kier alpha value is -1.07. The molecule has 1 fully saturated rings. The summed E-state index contributed by atoms with van der Waals surface area (Å²) in [6, 6.07) is 5.78. The summed E-state index contributed by atoms with van der Waals surface area (Å²) in [5.74, 6) is -0.171. The molecule has 1 saturated carbocycles. The van der Waals surface area contributed by atoms with Crippen molar-refractivity contribution >= 4 is 27.6 Å². The molecule has 2 rings (SSSR count). The van der Waals surface area contributed by atoms with E-state index in [9.17, 15) is 4.79 Å². The Bertz CT molecular complexity index is 458. The standard InChI is InChI=1S/C13H16BrNO3/c1-17-12(16)13(6-3-7-13)10-5-4-9(14)8-11(10)15-18-2/h4-5,8,15H,3,6-7H2,1-2H3. The van der Waals surface area contributed by atoms with Crippen LogP contribution in [0.3, 0.4) is 0 Å². The molecule has 4 nitrogen and oxygen atoms in total. The van der Waals surface area contributed by atoms with Gasteiger partial charge in [0.25, 0.3) is 0 Å². The molecule has 0 saturated heterocycles. The number of carbonyl (C=O) groups excluding carboxylic acids is 1. The lowest BCUT2D eigenvalue weighted by Gasteiger charge is -2.40. The quantitative estimate of drug-likeness (QED) is 0.685. The van der Waals surface area contributed by atoms with E-state index in [1.807, 2.05) is 18.2 Å². The predicted molar refractivity (Wildman–Crippen MR) is 72.3 cm³/mol. The van der Waals surface area contributed by atoms with Crippen molar-refractivity contribution in [3.63, 3.8) is 0 Å². The van der Waals surface area contributed by atoms with Gasteiger partial charge in [0.1, 0.15) is 0 Å². The number of hydrogen-bond donors (Lipinski definition) is 1. The number of benzene rings is 1. The lowest BCUT2D eigenvalue weighted by molar-refractivity contribution is -0.151. The van der Waals surface area contributed by atoms with Crippen molar-refractivity contribution in [3.05, 3.63) is 28.2 Å². The third-order valence-corrected chi connectivity index (χ3v) is 3.99. The molecule has 0 unspecified atom stereocenters. The summed E-state index contributed by atoms with van der Waals surface area (Å²) in [5, 5.41) is 0. The van der Waals surface area contributed by atoms with Gasteiger partial charge in [-0.05, 0) is 30.5 Å². The van der Waals surface area contributed by atoms with E-state index in [2.05, 4.69) is 21.4 Å². The molecule has 0 aliphatic heterocycles. The van der Waals surface area contributed by atoms with Crippen LogP contribution in [0.1, 0.15) is 24.8 Å². The molecule has 0 atom stereocenters. The molecule has 0 heterocycles. The minimum absolute atomic E-state index is 0.171. The van der Waals surface area contributed by atoms with Gasteiger partial charge in [-0.15, -0.1) is 0 Å². The fourth-order valence-corrected chi connectivity index (χ4v) is 2.80. The normalized spacial score (nSPS) is 16.8. The molecule has 1 N–H and O–H groups in total. The first-order valence-corrected chi connectivity index (χ1v) is 6.61. The smallest absolute Gasteiger partial charge is 0.316 e. The Morgan fingerprint density at radius 1 is 1.39 bits per heavy atom. The number of ether oxygens (including phenoxy) is 1. The number of esters is 1. The molecule has 1 aromatic carbocycles. The van der Waals surface area contributed by atoms with E-state index < -0.39 is 5.41 Å². The van der Waals surface area contributed by atoms with Crippen LogP contribution in [0.2, 0.25) is 0 Å². The second kappa shape index (κ2) is 5.28. The van der Waals surface area contributed by atoms with Gasteiger partial charge >= 0.3 is 5.97 Å². The molecule has 0 bridgehead atoms. The van der Waals surface area contributed by atoms with Gasteiger partial charge in [0.05, 0.1) is 25.3 Å². The van der Waals surface area contributed by atoms with Crippen LogP contribution in [0.25, 0.3) is 0 Å². The first-order chi connectivity index (χ1) is 8.64. The summed E-state index contributed by atoms with van der Waals surface area (Å²) in [6.07, 6.45) is 2.68. The molecule has 5 heteroatoms. The minimum Gasteiger partial charge on any atom is -0.468 e. The van der Waals surface area contributed by atoms with Crippen LogP contribution in [-0.2, 0) is 19.8 Å². The molecule has 1 aromatic rings. The van der Waals surface area contributed by atoms with E-state index in [-0.39, 0.29) is 5.97 Å². The van der Waals surface area contributed by atoms with Crippen molar-refractivity contribution in [1.29, 1.82) is 0 Å².